The first-order chi connectivity index (χ1) is 24.2. The molecule has 4 nitrogen and oxygen atoms in total. The van der Waals surface area contributed by atoms with Gasteiger partial charge in [-0.15, -0.1) is 0 Å². The van der Waals surface area contributed by atoms with Gasteiger partial charge in [0.15, 0.2) is 0 Å². The van der Waals surface area contributed by atoms with E-state index >= 15 is 0 Å². The fourth-order valence-electron chi connectivity index (χ4n) is 7.36. The van der Waals surface area contributed by atoms with E-state index in [1.165, 1.54) is 0 Å². The Morgan fingerprint density at radius 3 is 1.71 bits per heavy atom. The summed E-state index contributed by atoms with van der Waals surface area (Å²) >= 11 is 0. The molecule has 0 saturated heterocycles. The van der Waals surface area contributed by atoms with E-state index in [2.05, 4.69) is 82.6 Å². The van der Waals surface area contributed by atoms with Gasteiger partial charge in [0.1, 0.15) is 6.07 Å². The number of fused-ring (bicyclic) bond motifs is 3. The molecule has 0 saturated carbocycles. The maximum absolute atomic E-state index is 11.0. The summed E-state index contributed by atoms with van der Waals surface area (Å²) in [6.45, 7) is 8.61. The molecule has 6 aromatic carbocycles. The van der Waals surface area contributed by atoms with Crippen LogP contribution < -0.4 is 4.90 Å². The lowest BCUT2D eigenvalue weighted by atomic mass is 9.84. The van der Waals surface area contributed by atoms with Gasteiger partial charge in [-0.1, -0.05) is 146 Å². The minimum atomic E-state index is -0.207. The number of nitriles is 2. The van der Waals surface area contributed by atoms with Gasteiger partial charge in [-0.25, -0.2) is 4.85 Å². The molecule has 2 unspecified atom stereocenters. The zero-order valence-electron chi connectivity index (χ0n) is 26.5. The lowest BCUT2D eigenvalue weighted by Gasteiger charge is -2.33. The van der Waals surface area contributed by atoms with Crippen molar-refractivity contribution in [3.8, 4) is 45.5 Å². The number of nitrogens with zero attached hydrogens (tertiary/aromatic N) is 4. The molecule has 1 aliphatic carbocycles. The Morgan fingerprint density at radius 1 is 0.592 bits per heavy atom. The first-order valence-corrected chi connectivity index (χ1v) is 16.2. The molecule has 8 rings (SSSR count). The van der Waals surface area contributed by atoms with E-state index in [0.717, 1.165) is 44.6 Å². The topological polar surface area (TPSA) is 55.2 Å². The summed E-state index contributed by atoms with van der Waals surface area (Å²) in [5.41, 5.74) is 10.6. The van der Waals surface area contributed by atoms with Crippen molar-refractivity contribution in [3.63, 3.8) is 0 Å². The van der Waals surface area contributed by atoms with Gasteiger partial charge >= 0.3 is 0 Å². The van der Waals surface area contributed by atoms with E-state index in [0.29, 0.717) is 33.6 Å². The second-order valence-corrected chi connectivity index (χ2v) is 12.1. The van der Waals surface area contributed by atoms with Crippen LogP contribution in [0, 0.1) is 29.2 Å². The molecule has 228 valence electrons. The highest BCUT2D eigenvalue weighted by molar-refractivity contribution is 6.04. The molecule has 0 aromatic heterocycles. The van der Waals surface area contributed by atoms with Gasteiger partial charge in [0.2, 0.25) is 5.69 Å². The quantitative estimate of drug-likeness (QED) is 0.179. The zero-order valence-corrected chi connectivity index (χ0v) is 26.5. The first kappa shape index (κ1) is 29.5. The molecule has 0 fully saturated rings. The van der Waals surface area contributed by atoms with E-state index in [4.69, 9.17) is 6.57 Å². The van der Waals surface area contributed by atoms with E-state index in [9.17, 15) is 10.5 Å². The molecule has 0 N–H and O–H groups in total. The predicted molar refractivity (Wildman–Crippen MR) is 197 cm³/mol. The maximum Gasteiger partial charge on any atom is 0.220 e. The SMILES string of the molecule is [C-]#[N+]c1c(-c2ccccc2)c(C#N)c(-c2ccccc2)c(C#N)c1N1c2ccc(-c3ccccc3)cc2C2C=C(c3ccccc3)C=CC21. The van der Waals surface area contributed by atoms with Crippen LogP contribution in [-0.2, 0) is 0 Å². The number of allylic oxidation sites excluding steroid dienone is 2. The fourth-order valence-corrected chi connectivity index (χ4v) is 7.36. The smallest absolute Gasteiger partial charge is 0.220 e. The zero-order chi connectivity index (χ0) is 33.3. The molecular formula is C45H28N4. The fraction of sp³-hybridized carbons (Fsp3) is 0.0444. The highest BCUT2D eigenvalue weighted by Gasteiger charge is 2.42. The van der Waals surface area contributed by atoms with Crippen LogP contribution >= 0.6 is 0 Å². The van der Waals surface area contributed by atoms with Crippen LogP contribution in [0.25, 0.3) is 43.8 Å². The minimum absolute atomic E-state index is 0.0556. The Balaban J connectivity index is 1.45. The average Bonchev–Trinajstić information content (AvgIpc) is 3.50. The van der Waals surface area contributed by atoms with Crippen LogP contribution in [0.5, 0.6) is 0 Å². The van der Waals surface area contributed by atoms with Gasteiger partial charge in [-0.2, -0.15) is 10.5 Å². The maximum atomic E-state index is 11.0. The van der Waals surface area contributed by atoms with Gasteiger partial charge < -0.3 is 4.90 Å². The van der Waals surface area contributed by atoms with E-state index in [1.54, 1.807) is 0 Å². The van der Waals surface area contributed by atoms with Crippen molar-refractivity contribution in [1.82, 2.24) is 0 Å². The van der Waals surface area contributed by atoms with Gasteiger partial charge in [0.05, 0.1) is 35.5 Å². The summed E-state index contributed by atoms with van der Waals surface area (Å²) in [6, 6.07) is 51.1. The standard InChI is InChI=1S/C45H28N4/c1-48-44-43(33-20-12-5-13-21-33)38(28-46)42(32-18-10-4-11-19-32)39(29-47)45(44)49-40-24-22-34(30-14-6-2-7-15-30)26-36(40)37-27-35(23-25-41(37)49)31-16-8-3-9-17-31/h2-27,36,40H. The molecule has 0 bridgehead atoms. The lowest BCUT2D eigenvalue weighted by molar-refractivity contribution is 0.747. The molecule has 2 atom stereocenters. The Hall–Kier alpha value is -6.93. The Labute approximate surface area is 286 Å². The average molecular weight is 625 g/mol. The van der Waals surface area contributed by atoms with Gasteiger partial charge in [0, 0.05) is 22.7 Å². The summed E-state index contributed by atoms with van der Waals surface area (Å²) < 4.78 is 0. The molecule has 0 radical (unpaired) electrons. The molecule has 0 spiro atoms. The second-order valence-electron chi connectivity index (χ2n) is 12.1. The van der Waals surface area contributed by atoms with Crippen molar-refractivity contribution >= 4 is 22.6 Å². The first-order valence-electron chi connectivity index (χ1n) is 16.2. The second kappa shape index (κ2) is 12.4. The number of rotatable bonds is 5. The molecule has 49 heavy (non-hydrogen) atoms. The molecule has 2 aliphatic rings. The van der Waals surface area contributed by atoms with Gasteiger partial charge in [-0.3, -0.25) is 0 Å². The van der Waals surface area contributed by atoms with Crippen LogP contribution in [0.15, 0.2) is 158 Å². The largest absolute Gasteiger partial charge is 0.342 e. The van der Waals surface area contributed by atoms with E-state index in [-0.39, 0.29) is 12.0 Å². The van der Waals surface area contributed by atoms with Crippen LogP contribution in [0.2, 0.25) is 0 Å². The van der Waals surface area contributed by atoms with E-state index < -0.39 is 0 Å². The number of anilines is 2. The van der Waals surface area contributed by atoms with Crippen molar-refractivity contribution in [2.24, 2.45) is 0 Å². The number of hydrogen-bond acceptors (Lipinski definition) is 3. The number of benzene rings is 6. The normalized spacial score (nSPS) is 15.7. The summed E-state index contributed by atoms with van der Waals surface area (Å²) in [5, 5.41) is 21.8. The third-order valence-electron chi connectivity index (χ3n) is 9.51. The monoisotopic (exact) mass is 624 g/mol. The molecular weight excluding hydrogens is 597 g/mol. The molecule has 6 aromatic rings. The van der Waals surface area contributed by atoms with Crippen LogP contribution in [0.1, 0.15) is 28.2 Å². The predicted octanol–water partition coefficient (Wildman–Crippen LogP) is 11.2. The van der Waals surface area contributed by atoms with Crippen molar-refractivity contribution < 1.29 is 0 Å². The Bertz CT molecular complexity index is 2330. The van der Waals surface area contributed by atoms with Crippen molar-refractivity contribution in [3.05, 3.63) is 191 Å². The van der Waals surface area contributed by atoms with Crippen molar-refractivity contribution in [2.75, 3.05) is 4.90 Å². The third kappa shape index (κ3) is 4.90. The van der Waals surface area contributed by atoms with Crippen LogP contribution in [0.4, 0.5) is 17.1 Å². The number of hydrogen-bond donors (Lipinski definition) is 0. The van der Waals surface area contributed by atoms with Crippen molar-refractivity contribution in [2.45, 2.75) is 12.0 Å². The summed E-state index contributed by atoms with van der Waals surface area (Å²) in [4.78, 5) is 6.32. The minimum Gasteiger partial charge on any atom is -0.342 e. The highest BCUT2D eigenvalue weighted by atomic mass is 15.2. The summed E-state index contributed by atoms with van der Waals surface area (Å²) in [6.07, 6.45) is 6.67. The Morgan fingerprint density at radius 2 is 1.14 bits per heavy atom. The van der Waals surface area contributed by atoms with Gasteiger partial charge in [0.25, 0.3) is 0 Å². The lowest BCUT2D eigenvalue weighted by Crippen LogP contribution is -2.30. The van der Waals surface area contributed by atoms with Crippen LogP contribution in [0.3, 0.4) is 0 Å². The highest BCUT2D eigenvalue weighted by Crippen LogP contribution is 2.57. The van der Waals surface area contributed by atoms with Crippen LogP contribution in [-0.4, -0.2) is 6.04 Å². The van der Waals surface area contributed by atoms with Gasteiger partial charge in [-0.05, 0) is 51.1 Å². The van der Waals surface area contributed by atoms with E-state index in [1.807, 2.05) is 97.1 Å². The summed E-state index contributed by atoms with van der Waals surface area (Å²) in [7, 11) is 0. The summed E-state index contributed by atoms with van der Waals surface area (Å²) in [5.74, 6) is -0.0556. The molecule has 1 heterocycles. The molecule has 0 amide bonds. The molecule has 4 heteroatoms. The third-order valence-corrected chi connectivity index (χ3v) is 9.51. The molecule has 1 aliphatic heterocycles. The Kier molecular flexibility index (Phi) is 7.43. The van der Waals surface area contributed by atoms with Crippen molar-refractivity contribution in [1.29, 1.82) is 10.5 Å².